The first-order valence-electron chi connectivity index (χ1n) is 5.77. The van der Waals surface area contributed by atoms with E-state index in [1.807, 2.05) is 13.1 Å². The summed E-state index contributed by atoms with van der Waals surface area (Å²) in [7, 11) is 0.0719. The molecular formula is C11H16N4O2S2. The number of thiophene rings is 1. The number of nitrogens with zero attached hydrogens (tertiary/aromatic N) is 2. The normalized spacial score (nSPS) is 11.7. The van der Waals surface area contributed by atoms with E-state index in [2.05, 4.69) is 15.1 Å². The maximum atomic E-state index is 12.1. The molecule has 2 aromatic heterocycles. The highest BCUT2D eigenvalue weighted by atomic mass is 32.2. The van der Waals surface area contributed by atoms with E-state index in [-0.39, 0.29) is 0 Å². The van der Waals surface area contributed by atoms with Crippen LogP contribution in [0.2, 0.25) is 0 Å². The number of aromatic nitrogens is 2. The summed E-state index contributed by atoms with van der Waals surface area (Å²) in [6, 6.07) is 5.09. The molecule has 0 saturated carbocycles. The lowest BCUT2D eigenvalue weighted by atomic mass is 10.3. The summed E-state index contributed by atoms with van der Waals surface area (Å²) in [5.41, 5.74) is 0. The predicted molar refractivity (Wildman–Crippen MR) is 76.0 cm³/mol. The Morgan fingerprint density at radius 2 is 2.16 bits per heavy atom. The van der Waals surface area contributed by atoms with Crippen LogP contribution in [0.1, 0.15) is 4.88 Å². The van der Waals surface area contributed by atoms with Gasteiger partial charge in [0.05, 0.1) is 0 Å². The SMILES string of the molecule is CNCCc1ccc(S(=O)(=O)Nc2ccn(C)n2)s1. The van der Waals surface area contributed by atoms with E-state index in [0.29, 0.717) is 10.0 Å². The van der Waals surface area contributed by atoms with Crippen LogP contribution in [-0.2, 0) is 23.5 Å². The van der Waals surface area contributed by atoms with Gasteiger partial charge in [0.25, 0.3) is 10.0 Å². The maximum Gasteiger partial charge on any atom is 0.272 e. The Kier molecular flexibility index (Phi) is 4.23. The smallest absolute Gasteiger partial charge is 0.272 e. The van der Waals surface area contributed by atoms with Crippen LogP contribution in [0.25, 0.3) is 0 Å². The Labute approximate surface area is 116 Å². The Balaban J connectivity index is 2.13. The third-order valence-corrected chi connectivity index (χ3v) is 5.47. The van der Waals surface area contributed by atoms with E-state index in [0.717, 1.165) is 17.8 Å². The molecule has 2 heterocycles. The summed E-state index contributed by atoms with van der Waals surface area (Å²) in [5, 5.41) is 7.03. The van der Waals surface area contributed by atoms with Gasteiger partial charge in [-0.2, -0.15) is 5.10 Å². The lowest BCUT2D eigenvalue weighted by molar-refractivity contribution is 0.603. The van der Waals surface area contributed by atoms with Crippen molar-refractivity contribution in [1.82, 2.24) is 15.1 Å². The van der Waals surface area contributed by atoms with Gasteiger partial charge in [0.2, 0.25) is 0 Å². The van der Waals surface area contributed by atoms with Gasteiger partial charge >= 0.3 is 0 Å². The molecule has 0 aliphatic heterocycles. The minimum Gasteiger partial charge on any atom is -0.319 e. The van der Waals surface area contributed by atoms with Crippen LogP contribution in [-0.4, -0.2) is 31.8 Å². The van der Waals surface area contributed by atoms with Crippen LogP contribution in [0.3, 0.4) is 0 Å². The van der Waals surface area contributed by atoms with Crippen molar-refractivity contribution in [2.24, 2.45) is 7.05 Å². The zero-order valence-corrected chi connectivity index (χ0v) is 12.4. The standard InChI is InChI=1S/C11H16N4O2S2/c1-12-7-5-9-3-4-11(18-9)19(16,17)14-10-6-8-15(2)13-10/h3-4,6,8,12H,5,7H2,1-2H3,(H,13,14). The second-order valence-electron chi connectivity index (χ2n) is 4.05. The molecule has 0 saturated heterocycles. The van der Waals surface area contributed by atoms with Crippen molar-refractivity contribution < 1.29 is 8.42 Å². The molecule has 2 aromatic rings. The molecule has 19 heavy (non-hydrogen) atoms. The fraction of sp³-hybridized carbons (Fsp3) is 0.364. The first-order chi connectivity index (χ1) is 9.01. The molecule has 104 valence electrons. The van der Waals surface area contributed by atoms with Crippen LogP contribution in [0.5, 0.6) is 0 Å². The number of rotatable bonds is 6. The quantitative estimate of drug-likeness (QED) is 0.836. The summed E-state index contributed by atoms with van der Waals surface area (Å²) in [5.74, 6) is 0.327. The lowest BCUT2D eigenvalue weighted by Gasteiger charge is -2.02. The highest BCUT2D eigenvalue weighted by molar-refractivity contribution is 7.94. The van der Waals surface area contributed by atoms with Gasteiger partial charge in [-0.1, -0.05) is 0 Å². The maximum absolute atomic E-state index is 12.1. The van der Waals surface area contributed by atoms with Crippen molar-refractivity contribution in [3.05, 3.63) is 29.3 Å². The third kappa shape index (κ3) is 3.55. The predicted octanol–water partition coefficient (Wildman–Crippen LogP) is 1.04. The second-order valence-corrected chi connectivity index (χ2v) is 7.13. The van der Waals surface area contributed by atoms with Crippen molar-refractivity contribution in [2.45, 2.75) is 10.6 Å². The average molecular weight is 300 g/mol. The fourth-order valence-corrected chi connectivity index (χ4v) is 3.89. The first kappa shape index (κ1) is 14.0. The zero-order valence-electron chi connectivity index (χ0n) is 10.8. The fourth-order valence-electron chi connectivity index (χ4n) is 1.54. The molecule has 0 atom stereocenters. The van der Waals surface area contributed by atoms with Gasteiger partial charge in [-0.25, -0.2) is 8.42 Å². The molecule has 0 aliphatic carbocycles. The van der Waals surface area contributed by atoms with Crippen LogP contribution in [0.15, 0.2) is 28.6 Å². The van der Waals surface area contributed by atoms with Gasteiger partial charge in [0.15, 0.2) is 5.82 Å². The zero-order chi connectivity index (χ0) is 13.9. The van der Waals surface area contributed by atoms with E-state index >= 15 is 0 Å². The van der Waals surface area contributed by atoms with Crippen LogP contribution >= 0.6 is 11.3 Å². The average Bonchev–Trinajstić information content (AvgIpc) is 2.95. The molecule has 0 aliphatic rings. The highest BCUT2D eigenvalue weighted by Crippen LogP contribution is 2.23. The largest absolute Gasteiger partial charge is 0.319 e. The van der Waals surface area contributed by atoms with Gasteiger partial charge in [-0.3, -0.25) is 9.40 Å². The van der Waals surface area contributed by atoms with Gasteiger partial charge < -0.3 is 5.32 Å². The van der Waals surface area contributed by atoms with Crippen LogP contribution < -0.4 is 10.0 Å². The van der Waals surface area contributed by atoms with Gasteiger partial charge in [-0.05, 0) is 32.1 Å². The summed E-state index contributed by atoms with van der Waals surface area (Å²) in [6.07, 6.45) is 2.50. The number of hydrogen-bond donors (Lipinski definition) is 2. The summed E-state index contributed by atoms with van der Waals surface area (Å²) in [6.45, 7) is 0.827. The van der Waals surface area contributed by atoms with Crippen LogP contribution in [0.4, 0.5) is 5.82 Å². The molecule has 0 amide bonds. The number of hydrogen-bond acceptors (Lipinski definition) is 5. The van der Waals surface area contributed by atoms with Crippen LogP contribution in [0, 0.1) is 0 Å². The van der Waals surface area contributed by atoms with E-state index in [1.165, 1.54) is 11.3 Å². The topological polar surface area (TPSA) is 76.0 Å². The Morgan fingerprint density at radius 3 is 2.79 bits per heavy atom. The van der Waals surface area contributed by atoms with Crippen molar-refractivity contribution in [2.75, 3.05) is 18.3 Å². The highest BCUT2D eigenvalue weighted by Gasteiger charge is 2.17. The molecule has 0 unspecified atom stereocenters. The van der Waals surface area contributed by atoms with E-state index < -0.39 is 10.0 Å². The molecule has 6 nitrogen and oxygen atoms in total. The molecule has 0 radical (unpaired) electrons. The van der Waals surface area contributed by atoms with Gasteiger partial charge in [-0.15, -0.1) is 11.3 Å². The van der Waals surface area contributed by atoms with Crippen molar-refractivity contribution >= 4 is 27.2 Å². The van der Waals surface area contributed by atoms with E-state index in [9.17, 15) is 8.42 Å². The Hall–Kier alpha value is -1.38. The third-order valence-electron chi connectivity index (χ3n) is 2.48. The molecule has 0 aromatic carbocycles. The molecule has 2 rings (SSSR count). The number of sulfonamides is 1. The summed E-state index contributed by atoms with van der Waals surface area (Å²) in [4.78, 5) is 1.04. The molecule has 2 N–H and O–H groups in total. The summed E-state index contributed by atoms with van der Waals surface area (Å²) >= 11 is 1.28. The molecule has 0 bridgehead atoms. The van der Waals surface area contributed by atoms with Crippen molar-refractivity contribution in [1.29, 1.82) is 0 Å². The van der Waals surface area contributed by atoms with E-state index in [4.69, 9.17) is 0 Å². The Bertz CT molecular complexity index is 645. The molecule has 0 spiro atoms. The minimum absolute atomic E-state index is 0.309. The number of nitrogens with one attached hydrogen (secondary N) is 2. The van der Waals surface area contributed by atoms with Gasteiger partial charge in [0.1, 0.15) is 4.21 Å². The molecule has 8 heteroatoms. The minimum atomic E-state index is -3.53. The molecular weight excluding hydrogens is 284 g/mol. The number of anilines is 1. The van der Waals surface area contributed by atoms with Crippen molar-refractivity contribution in [3.8, 4) is 0 Å². The Morgan fingerprint density at radius 1 is 1.37 bits per heavy atom. The van der Waals surface area contributed by atoms with Gasteiger partial charge in [0, 0.05) is 24.2 Å². The number of likely N-dealkylation sites (N-methyl/N-ethyl adjacent to an activating group) is 1. The van der Waals surface area contributed by atoms with Crippen molar-refractivity contribution in [3.63, 3.8) is 0 Å². The number of aryl methyl sites for hydroxylation is 1. The molecule has 0 fully saturated rings. The first-order valence-corrected chi connectivity index (χ1v) is 8.07. The second kappa shape index (κ2) is 5.72. The monoisotopic (exact) mass is 300 g/mol. The lowest BCUT2D eigenvalue weighted by Crippen LogP contribution is -2.12. The summed E-state index contributed by atoms with van der Waals surface area (Å²) < 4.78 is 28.6. The van der Waals surface area contributed by atoms with E-state index in [1.54, 1.807) is 30.1 Å².